The first-order valence-corrected chi connectivity index (χ1v) is 7.11. The van der Waals surface area contributed by atoms with E-state index in [1.165, 1.54) is 0 Å². The van der Waals surface area contributed by atoms with Crippen LogP contribution in [0.5, 0.6) is 0 Å². The number of hydrogen-bond donors (Lipinski definition) is 1. The lowest BCUT2D eigenvalue weighted by Crippen LogP contribution is -2.35. The minimum atomic E-state index is 0.0193. The van der Waals surface area contributed by atoms with Crippen molar-refractivity contribution in [3.63, 3.8) is 0 Å². The minimum Gasteiger partial charge on any atom is -0.384 e. The molecule has 0 aliphatic heterocycles. The SMILES string of the molecule is CCNc1ccc(C(=O)N(CC)CC(C)CC)nc1. The van der Waals surface area contributed by atoms with Crippen LogP contribution in [0.25, 0.3) is 0 Å². The number of pyridine rings is 1. The van der Waals surface area contributed by atoms with Gasteiger partial charge in [0.25, 0.3) is 5.91 Å². The number of aromatic nitrogens is 1. The Morgan fingerprint density at radius 3 is 2.58 bits per heavy atom. The van der Waals surface area contributed by atoms with Crippen molar-refractivity contribution >= 4 is 11.6 Å². The van der Waals surface area contributed by atoms with Crippen LogP contribution in [0.4, 0.5) is 5.69 Å². The second kappa shape index (κ2) is 7.77. The van der Waals surface area contributed by atoms with Gasteiger partial charge in [-0.25, -0.2) is 4.98 Å². The van der Waals surface area contributed by atoms with Crippen LogP contribution in [-0.2, 0) is 0 Å². The van der Waals surface area contributed by atoms with E-state index < -0.39 is 0 Å². The van der Waals surface area contributed by atoms with E-state index in [0.717, 1.165) is 31.7 Å². The second-order valence-corrected chi connectivity index (χ2v) is 4.82. The number of rotatable bonds is 7. The highest BCUT2D eigenvalue weighted by Crippen LogP contribution is 2.10. The van der Waals surface area contributed by atoms with Crippen LogP contribution in [0, 0.1) is 5.92 Å². The van der Waals surface area contributed by atoms with Gasteiger partial charge in [0.15, 0.2) is 0 Å². The average Bonchev–Trinajstić information content (AvgIpc) is 2.45. The molecule has 0 saturated heterocycles. The molecule has 4 heteroatoms. The van der Waals surface area contributed by atoms with Crippen molar-refractivity contribution in [1.82, 2.24) is 9.88 Å². The molecule has 1 unspecified atom stereocenters. The molecule has 0 spiro atoms. The van der Waals surface area contributed by atoms with E-state index in [-0.39, 0.29) is 5.91 Å². The maximum Gasteiger partial charge on any atom is 0.272 e. The Kier molecular flexibility index (Phi) is 6.33. The van der Waals surface area contributed by atoms with Crippen LogP contribution in [0.15, 0.2) is 18.3 Å². The third kappa shape index (κ3) is 4.54. The summed E-state index contributed by atoms with van der Waals surface area (Å²) in [5.74, 6) is 0.538. The molecule has 1 aromatic heterocycles. The van der Waals surface area contributed by atoms with Crippen LogP contribution in [-0.4, -0.2) is 35.4 Å². The topological polar surface area (TPSA) is 45.2 Å². The van der Waals surface area contributed by atoms with Gasteiger partial charge in [0.05, 0.1) is 11.9 Å². The molecule has 1 aromatic rings. The predicted molar refractivity (Wildman–Crippen MR) is 79.4 cm³/mol. The first kappa shape index (κ1) is 15.5. The van der Waals surface area contributed by atoms with Gasteiger partial charge in [0.1, 0.15) is 5.69 Å². The van der Waals surface area contributed by atoms with Gasteiger partial charge in [0, 0.05) is 19.6 Å². The zero-order chi connectivity index (χ0) is 14.3. The molecule has 0 radical (unpaired) electrons. The molecule has 0 saturated carbocycles. The van der Waals surface area contributed by atoms with Gasteiger partial charge >= 0.3 is 0 Å². The van der Waals surface area contributed by atoms with Crippen molar-refractivity contribution in [3.8, 4) is 0 Å². The second-order valence-electron chi connectivity index (χ2n) is 4.82. The van der Waals surface area contributed by atoms with E-state index in [9.17, 15) is 4.79 Å². The summed E-state index contributed by atoms with van der Waals surface area (Å²) in [5, 5.41) is 3.17. The van der Waals surface area contributed by atoms with Crippen molar-refractivity contribution in [2.24, 2.45) is 5.92 Å². The van der Waals surface area contributed by atoms with E-state index in [1.54, 1.807) is 12.3 Å². The summed E-state index contributed by atoms with van der Waals surface area (Å²) in [6.07, 6.45) is 2.80. The Hall–Kier alpha value is -1.58. The van der Waals surface area contributed by atoms with Crippen LogP contribution in [0.2, 0.25) is 0 Å². The number of nitrogens with zero attached hydrogens (tertiary/aromatic N) is 2. The molecule has 19 heavy (non-hydrogen) atoms. The number of amides is 1. The van der Waals surface area contributed by atoms with Gasteiger partial charge < -0.3 is 10.2 Å². The van der Waals surface area contributed by atoms with Crippen LogP contribution in [0.1, 0.15) is 44.6 Å². The predicted octanol–water partition coefficient (Wildman–Crippen LogP) is 3.02. The molecule has 1 heterocycles. The lowest BCUT2D eigenvalue weighted by Gasteiger charge is -2.23. The summed E-state index contributed by atoms with van der Waals surface area (Å²) >= 11 is 0. The van der Waals surface area contributed by atoms with Crippen LogP contribution < -0.4 is 5.32 Å². The molecule has 106 valence electrons. The highest BCUT2D eigenvalue weighted by Gasteiger charge is 2.17. The van der Waals surface area contributed by atoms with E-state index in [4.69, 9.17) is 0 Å². The molecule has 1 amide bonds. The van der Waals surface area contributed by atoms with Crippen molar-refractivity contribution in [2.75, 3.05) is 25.0 Å². The monoisotopic (exact) mass is 263 g/mol. The Morgan fingerprint density at radius 1 is 1.37 bits per heavy atom. The largest absolute Gasteiger partial charge is 0.384 e. The number of anilines is 1. The molecule has 1 rings (SSSR count). The van der Waals surface area contributed by atoms with Gasteiger partial charge in [-0.3, -0.25) is 4.79 Å². The minimum absolute atomic E-state index is 0.0193. The van der Waals surface area contributed by atoms with E-state index in [0.29, 0.717) is 11.6 Å². The number of nitrogens with one attached hydrogen (secondary N) is 1. The number of hydrogen-bond acceptors (Lipinski definition) is 3. The Morgan fingerprint density at radius 2 is 2.11 bits per heavy atom. The zero-order valence-electron chi connectivity index (χ0n) is 12.4. The average molecular weight is 263 g/mol. The summed E-state index contributed by atoms with van der Waals surface area (Å²) in [7, 11) is 0. The Labute approximate surface area is 116 Å². The van der Waals surface area contributed by atoms with Gasteiger partial charge in [-0.05, 0) is 31.9 Å². The molecule has 0 bridgehead atoms. The molecular formula is C15H25N3O. The fourth-order valence-corrected chi connectivity index (χ4v) is 1.85. The summed E-state index contributed by atoms with van der Waals surface area (Å²) in [5.41, 5.74) is 1.47. The van der Waals surface area contributed by atoms with Gasteiger partial charge in [0.2, 0.25) is 0 Å². The van der Waals surface area contributed by atoms with Gasteiger partial charge in [-0.15, -0.1) is 0 Å². The van der Waals surface area contributed by atoms with Crippen molar-refractivity contribution < 1.29 is 4.79 Å². The molecule has 1 N–H and O–H groups in total. The van der Waals surface area contributed by atoms with Gasteiger partial charge in [-0.1, -0.05) is 20.3 Å². The fraction of sp³-hybridized carbons (Fsp3) is 0.600. The number of carbonyl (C=O) groups is 1. The lowest BCUT2D eigenvalue weighted by atomic mass is 10.1. The number of carbonyl (C=O) groups excluding carboxylic acids is 1. The fourth-order valence-electron chi connectivity index (χ4n) is 1.85. The lowest BCUT2D eigenvalue weighted by molar-refractivity contribution is 0.0735. The zero-order valence-corrected chi connectivity index (χ0v) is 12.4. The summed E-state index contributed by atoms with van der Waals surface area (Å²) in [6.45, 7) is 10.7. The Balaban J connectivity index is 2.73. The van der Waals surface area contributed by atoms with Crippen LogP contribution >= 0.6 is 0 Å². The molecule has 0 fully saturated rings. The van der Waals surface area contributed by atoms with Crippen molar-refractivity contribution in [1.29, 1.82) is 0 Å². The smallest absolute Gasteiger partial charge is 0.272 e. The maximum absolute atomic E-state index is 12.3. The van der Waals surface area contributed by atoms with E-state index in [1.807, 2.05) is 24.8 Å². The van der Waals surface area contributed by atoms with E-state index >= 15 is 0 Å². The molecule has 1 atom stereocenters. The first-order chi connectivity index (χ1) is 9.12. The highest BCUT2D eigenvalue weighted by molar-refractivity contribution is 5.92. The summed E-state index contributed by atoms with van der Waals surface area (Å²) < 4.78 is 0. The van der Waals surface area contributed by atoms with Crippen molar-refractivity contribution in [3.05, 3.63) is 24.0 Å². The van der Waals surface area contributed by atoms with Crippen molar-refractivity contribution in [2.45, 2.75) is 34.1 Å². The molecular weight excluding hydrogens is 238 g/mol. The highest BCUT2D eigenvalue weighted by atomic mass is 16.2. The molecule has 0 aliphatic rings. The molecule has 4 nitrogen and oxygen atoms in total. The summed E-state index contributed by atoms with van der Waals surface area (Å²) in [6, 6.07) is 3.69. The molecule has 0 aromatic carbocycles. The third-order valence-electron chi connectivity index (χ3n) is 3.26. The van der Waals surface area contributed by atoms with Crippen LogP contribution in [0.3, 0.4) is 0 Å². The van der Waals surface area contributed by atoms with E-state index in [2.05, 4.69) is 24.1 Å². The quantitative estimate of drug-likeness (QED) is 0.822. The standard InChI is InChI=1S/C15H25N3O/c1-5-12(4)11-18(7-3)15(19)14-9-8-13(10-17-14)16-6-2/h8-10,12,16H,5-7,11H2,1-4H3. The maximum atomic E-state index is 12.3. The summed E-state index contributed by atoms with van der Waals surface area (Å²) in [4.78, 5) is 18.4. The normalized spacial score (nSPS) is 12.0. The van der Waals surface area contributed by atoms with Gasteiger partial charge in [-0.2, -0.15) is 0 Å². The molecule has 0 aliphatic carbocycles. The third-order valence-corrected chi connectivity index (χ3v) is 3.26. The Bertz CT molecular complexity index is 389. The first-order valence-electron chi connectivity index (χ1n) is 7.11.